The van der Waals surface area contributed by atoms with Crippen molar-refractivity contribution >= 4 is 28.6 Å². The minimum absolute atomic E-state index is 0.271. The van der Waals surface area contributed by atoms with E-state index in [-0.39, 0.29) is 5.82 Å². The third-order valence-corrected chi connectivity index (χ3v) is 5.26. The van der Waals surface area contributed by atoms with E-state index in [1.807, 2.05) is 42.7 Å². The van der Waals surface area contributed by atoms with E-state index < -0.39 is 10.8 Å². The van der Waals surface area contributed by atoms with E-state index in [4.69, 9.17) is 0 Å². The molecule has 104 valence electrons. The lowest BCUT2D eigenvalue weighted by atomic mass is 10.0. The highest BCUT2D eigenvalue weighted by molar-refractivity contribution is 8.16. The largest absolute Gasteiger partial charge is 0.254 e. The van der Waals surface area contributed by atoms with Gasteiger partial charge in [0, 0.05) is 11.8 Å². The molecule has 2 aromatic carbocycles. The third-order valence-electron chi connectivity index (χ3n) is 2.85. The number of benzene rings is 2. The summed E-state index contributed by atoms with van der Waals surface area (Å²) in [7, 11) is -1.05. The van der Waals surface area contributed by atoms with Gasteiger partial charge in [-0.05, 0) is 29.5 Å². The smallest absolute Gasteiger partial charge is 0.131 e. The van der Waals surface area contributed by atoms with Crippen molar-refractivity contribution in [2.24, 2.45) is 0 Å². The second-order valence-corrected chi connectivity index (χ2v) is 6.68. The lowest BCUT2D eigenvalue weighted by Crippen LogP contribution is -1.89. The number of rotatable bonds is 4. The zero-order valence-electron chi connectivity index (χ0n) is 11.3. The van der Waals surface area contributed by atoms with Crippen LogP contribution >= 0.6 is 11.8 Å². The molecule has 0 N–H and O–H groups in total. The molecule has 1 unspecified atom stereocenters. The van der Waals surface area contributed by atoms with Crippen LogP contribution in [-0.2, 0) is 10.8 Å². The van der Waals surface area contributed by atoms with E-state index in [9.17, 15) is 8.60 Å². The topological polar surface area (TPSA) is 17.1 Å². The van der Waals surface area contributed by atoms with Crippen LogP contribution in [0.4, 0.5) is 4.39 Å². The van der Waals surface area contributed by atoms with Crippen LogP contribution < -0.4 is 0 Å². The van der Waals surface area contributed by atoms with Crippen LogP contribution in [0.5, 0.6) is 0 Å². The predicted molar refractivity (Wildman–Crippen MR) is 87.4 cm³/mol. The van der Waals surface area contributed by atoms with Crippen LogP contribution in [-0.4, -0.2) is 16.7 Å². The standard InChI is InChI=1S/C16H15FOS2/c1-19-16(20(2)18)11-12-8-9-14(15(17)10-12)13-6-4-3-5-7-13/h3-11H,1-2H3. The first kappa shape index (κ1) is 15.0. The van der Waals surface area contributed by atoms with E-state index in [1.165, 1.54) is 17.8 Å². The van der Waals surface area contributed by atoms with Crippen LogP contribution in [0.3, 0.4) is 0 Å². The van der Waals surface area contributed by atoms with Gasteiger partial charge in [-0.1, -0.05) is 42.5 Å². The van der Waals surface area contributed by atoms with Gasteiger partial charge in [0.05, 0.1) is 15.0 Å². The van der Waals surface area contributed by atoms with Gasteiger partial charge in [-0.3, -0.25) is 4.21 Å². The quantitative estimate of drug-likeness (QED) is 0.825. The van der Waals surface area contributed by atoms with E-state index in [0.29, 0.717) is 5.56 Å². The Labute approximate surface area is 125 Å². The maximum Gasteiger partial charge on any atom is 0.131 e. The zero-order valence-corrected chi connectivity index (χ0v) is 12.9. The van der Waals surface area contributed by atoms with E-state index in [2.05, 4.69) is 0 Å². The summed E-state index contributed by atoms with van der Waals surface area (Å²) in [5.74, 6) is -0.271. The van der Waals surface area contributed by atoms with Gasteiger partial charge in [-0.2, -0.15) is 0 Å². The molecule has 4 heteroatoms. The maximum atomic E-state index is 14.2. The predicted octanol–water partition coefficient (Wildman–Crippen LogP) is 4.53. The molecule has 0 fully saturated rings. The Hall–Kier alpha value is -1.39. The van der Waals surface area contributed by atoms with Gasteiger partial charge >= 0.3 is 0 Å². The van der Waals surface area contributed by atoms with Crippen molar-refractivity contribution in [3.63, 3.8) is 0 Å². The van der Waals surface area contributed by atoms with Gasteiger partial charge < -0.3 is 0 Å². The Bertz CT molecular complexity index is 651. The molecule has 0 aliphatic carbocycles. The summed E-state index contributed by atoms with van der Waals surface area (Å²) in [6.07, 6.45) is 5.25. The summed E-state index contributed by atoms with van der Waals surface area (Å²) in [6.45, 7) is 0. The highest BCUT2D eigenvalue weighted by atomic mass is 32.2. The van der Waals surface area contributed by atoms with Crippen molar-refractivity contribution in [1.82, 2.24) is 0 Å². The lowest BCUT2D eigenvalue weighted by molar-refractivity contribution is 0.631. The molecule has 2 aromatic rings. The Morgan fingerprint density at radius 2 is 1.90 bits per heavy atom. The van der Waals surface area contributed by atoms with Crippen LogP contribution in [0.15, 0.2) is 52.8 Å². The lowest BCUT2D eigenvalue weighted by Gasteiger charge is -2.05. The summed E-state index contributed by atoms with van der Waals surface area (Å²) in [5.41, 5.74) is 2.15. The first-order valence-electron chi connectivity index (χ1n) is 6.06. The van der Waals surface area contributed by atoms with Crippen LogP contribution in [0.1, 0.15) is 5.56 Å². The molecule has 2 rings (SSSR count). The number of thioether (sulfide) groups is 1. The second-order valence-electron chi connectivity index (χ2n) is 4.23. The minimum Gasteiger partial charge on any atom is -0.254 e. The maximum absolute atomic E-state index is 14.2. The molecular weight excluding hydrogens is 291 g/mol. The molecular formula is C16H15FOS2. The molecule has 0 spiro atoms. The van der Waals surface area contributed by atoms with E-state index >= 15 is 0 Å². The number of hydrogen-bond donors (Lipinski definition) is 0. The van der Waals surface area contributed by atoms with E-state index in [1.54, 1.807) is 18.4 Å². The number of halogens is 1. The van der Waals surface area contributed by atoms with E-state index in [0.717, 1.165) is 15.4 Å². The molecule has 0 radical (unpaired) electrons. The number of hydrogen-bond acceptors (Lipinski definition) is 2. The zero-order chi connectivity index (χ0) is 14.5. The molecule has 1 atom stereocenters. The Kier molecular flexibility index (Phi) is 5.15. The summed E-state index contributed by atoms with van der Waals surface area (Å²) in [4.78, 5) is 0. The molecule has 0 bridgehead atoms. The molecule has 0 aliphatic rings. The fraction of sp³-hybridized carbons (Fsp3) is 0.125. The first-order chi connectivity index (χ1) is 9.61. The molecule has 0 aromatic heterocycles. The minimum atomic E-state index is -1.05. The summed E-state index contributed by atoms with van der Waals surface area (Å²) in [5, 5.41) is 0. The van der Waals surface area contributed by atoms with Gasteiger partial charge in [-0.25, -0.2) is 4.39 Å². The molecule has 0 aliphatic heterocycles. The molecule has 0 heterocycles. The Balaban J connectivity index is 2.38. The average molecular weight is 306 g/mol. The fourth-order valence-corrected chi connectivity index (χ4v) is 3.36. The molecule has 1 nitrogen and oxygen atoms in total. The first-order valence-corrected chi connectivity index (χ1v) is 8.84. The Morgan fingerprint density at radius 3 is 2.45 bits per heavy atom. The second kappa shape index (κ2) is 6.86. The monoisotopic (exact) mass is 306 g/mol. The normalized spacial score (nSPS) is 13.2. The van der Waals surface area contributed by atoms with Gasteiger partial charge in [-0.15, -0.1) is 11.8 Å². The van der Waals surface area contributed by atoms with Crippen molar-refractivity contribution < 1.29 is 8.60 Å². The van der Waals surface area contributed by atoms with Crippen LogP contribution in [0.2, 0.25) is 0 Å². The summed E-state index contributed by atoms with van der Waals surface area (Å²) >= 11 is 1.42. The van der Waals surface area contributed by atoms with Crippen molar-refractivity contribution in [1.29, 1.82) is 0 Å². The highest BCUT2D eigenvalue weighted by Gasteiger charge is 2.06. The van der Waals surface area contributed by atoms with Crippen LogP contribution in [0, 0.1) is 5.82 Å². The molecule has 20 heavy (non-hydrogen) atoms. The van der Waals surface area contributed by atoms with Crippen molar-refractivity contribution in [3.05, 3.63) is 64.1 Å². The van der Waals surface area contributed by atoms with Gasteiger partial charge in [0.1, 0.15) is 5.82 Å². The highest BCUT2D eigenvalue weighted by Crippen LogP contribution is 2.25. The summed E-state index contributed by atoms with van der Waals surface area (Å²) < 4.78 is 26.4. The van der Waals surface area contributed by atoms with Gasteiger partial charge in [0.15, 0.2) is 0 Å². The average Bonchev–Trinajstić information content (AvgIpc) is 2.45. The van der Waals surface area contributed by atoms with Gasteiger partial charge in [0.2, 0.25) is 0 Å². The van der Waals surface area contributed by atoms with Crippen molar-refractivity contribution in [2.75, 3.05) is 12.5 Å². The molecule has 0 amide bonds. The van der Waals surface area contributed by atoms with Crippen molar-refractivity contribution in [3.8, 4) is 11.1 Å². The van der Waals surface area contributed by atoms with Crippen LogP contribution in [0.25, 0.3) is 17.2 Å². The van der Waals surface area contributed by atoms with Crippen molar-refractivity contribution in [2.45, 2.75) is 0 Å². The molecule has 0 saturated heterocycles. The third kappa shape index (κ3) is 3.58. The SMILES string of the molecule is CSC(=Cc1ccc(-c2ccccc2)c(F)c1)S(C)=O. The molecule has 0 saturated carbocycles. The summed E-state index contributed by atoms with van der Waals surface area (Å²) in [6, 6.07) is 14.5. The van der Waals surface area contributed by atoms with Gasteiger partial charge in [0.25, 0.3) is 0 Å². The fourth-order valence-electron chi connectivity index (χ4n) is 1.87. The Morgan fingerprint density at radius 1 is 1.20 bits per heavy atom.